The number of carbonyl (C=O) groups is 2. The number of hydrogen-bond donors (Lipinski definition) is 1. The third-order valence-corrected chi connectivity index (χ3v) is 8.87. The van der Waals surface area contributed by atoms with Gasteiger partial charge in [-0.1, -0.05) is 60.7 Å². The van der Waals surface area contributed by atoms with Crippen LogP contribution >= 0.6 is 0 Å². The minimum atomic E-state index is -2.11. The first-order chi connectivity index (χ1) is 12.3. The molecular formula is C21H33NO4Si. The number of amides is 1. The standard InChI is InChI=1S/C21H33NO4Si/c1-15(16(2)27(8,9)17-13-11-10-12-14-17)21(6,18(23)25-7)22-19(24)26-20(3,4)5/h10-15H,2H2,1,3-9H3,(H,22,24)/t15-,21+/m0/s1. The Kier molecular flexibility index (Phi) is 7.05. The Morgan fingerprint density at radius 2 is 1.63 bits per heavy atom. The van der Waals surface area contributed by atoms with Crippen LogP contribution in [0.4, 0.5) is 4.79 Å². The van der Waals surface area contributed by atoms with Crippen LogP contribution in [-0.4, -0.2) is 38.4 Å². The quantitative estimate of drug-likeness (QED) is 0.592. The van der Waals surface area contributed by atoms with Crippen LogP contribution in [0.25, 0.3) is 0 Å². The van der Waals surface area contributed by atoms with Gasteiger partial charge < -0.3 is 14.8 Å². The van der Waals surface area contributed by atoms with E-state index in [2.05, 4.69) is 37.1 Å². The Hall–Kier alpha value is -2.08. The monoisotopic (exact) mass is 391 g/mol. The van der Waals surface area contributed by atoms with Crippen molar-refractivity contribution in [1.82, 2.24) is 5.32 Å². The highest BCUT2D eigenvalue weighted by Gasteiger charge is 2.47. The lowest BCUT2D eigenvalue weighted by Crippen LogP contribution is -2.61. The average molecular weight is 392 g/mol. The van der Waals surface area contributed by atoms with E-state index in [4.69, 9.17) is 9.47 Å². The topological polar surface area (TPSA) is 64.6 Å². The van der Waals surface area contributed by atoms with Gasteiger partial charge in [0.25, 0.3) is 0 Å². The smallest absolute Gasteiger partial charge is 0.408 e. The van der Waals surface area contributed by atoms with Crippen molar-refractivity contribution in [2.45, 2.75) is 58.9 Å². The molecule has 0 aliphatic heterocycles. The summed E-state index contributed by atoms with van der Waals surface area (Å²) in [4.78, 5) is 25.0. The zero-order chi connectivity index (χ0) is 21.0. The predicted octanol–water partition coefficient (Wildman–Crippen LogP) is 3.79. The van der Waals surface area contributed by atoms with Gasteiger partial charge in [-0.3, -0.25) is 0 Å². The van der Waals surface area contributed by atoms with E-state index in [-0.39, 0.29) is 5.92 Å². The van der Waals surface area contributed by atoms with Crippen molar-refractivity contribution in [3.63, 3.8) is 0 Å². The molecule has 1 aromatic carbocycles. The SMILES string of the molecule is C=C([C@H](C)[C@@](C)(NC(=O)OC(C)(C)C)C(=O)OC)[Si](C)(C)c1ccccc1. The largest absolute Gasteiger partial charge is 0.467 e. The molecule has 0 unspecified atom stereocenters. The molecule has 1 N–H and O–H groups in total. The Morgan fingerprint density at radius 1 is 1.11 bits per heavy atom. The fraction of sp³-hybridized carbons (Fsp3) is 0.524. The molecule has 2 atom stereocenters. The van der Waals surface area contributed by atoms with E-state index in [0.29, 0.717) is 0 Å². The minimum Gasteiger partial charge on any atom is -0.467 e. The number of ether oxygens (including phenoxy) is 2. The summed E-state index contributed by atoms with van der Waals surface area (Å²) in [7, 11) is -0.794. The molecule has 0 aliphatic rings. The second-order valence-corrected chi connectivity index (χ2v) is 13.0. The number of rotatable bonds is 6. The molecule has 0 saturated heterocycles. The number of alkyl carbamates (subject to hydrolysis) is 1. The van der Waals surface area contributed by atoms with E-state index in [1.807, 2.05) is 25.1 Å². The molecule has 150 valence electrons. The molecule has 0 aromatic heterocycles. The zero-order valence-corrected chi connectivity index (χ0v) is 18.8. The number of methoxy groups -OCH3 is 1. The fourth-order valence-corrected chi connectivity index (χ4v) is 5.76. The van der Waals surface area contributed by atoms with Crippen molar-refractivity contribution in [3.05, 3.63) is 42.1 Å². The van der Waals surface area contributed by atoms with Gasteiger partial charge in [-0.05, 0) is 27.7 Å². The van der Waals surface area contributed by atoms with Crippen LogP contribution in [0.15, 0.2) is 42.1 Å². The molecule has 0 spiro atoms. The van der Waals surface area contributed by atoms with E-state index in [0.717, 1.165) is 5.20 Å². The molecule has 6 heteroatoms. The molecular weight excluding hydrogens is 358 g/mol. The van der Waals surface area contributed by atoms with Gasteiger partial charge in [0.05, 0.1) is 7.11 Å². The molecule has 0 saturated carbocycles. The number of benzene rings is 1. The maximum absolute atomic E-state index is 12.6. The van der Waals surface area contributed by atoms with Gasteiger partial charge in [-0.15, -0.1) is 6.58 Å². The first kappa shape index (κ1) is 23.0. The molecule has 0 aliphatic carbocycles. The van der Waals surface area contributed by atoms with E-state index in [1.54, 1.807) is 27.7 Å². The molecule has 27 heavy (non-hydrogen) atoms. The van der Waals surface area contributed by atoms with Crippen molar-refractivity contribution in [2.24, 2.45) is 5.92 Å². The normalized spacial score (nSPS) is 15.3. The fourth-order valence-electron chi connectivity index (χ4n) is 2.99. The Bertz CT molecular complexity index is 694. The third kappa shape index (κ3) is 5.45. The van der Waals surface area contributed by atoms with Crippen molar-refractivity contribution in [2.75, 3.05) is 7.11 Å². The van der Waals surface area contributed by atoms with Gasteiger partial charge >= 0.3 is 12.1 Å². The highest BCUT2D eigenvalue weighted by molar-refractivity contribution is 6.95. The lowest BCUT2D eigenvalue weighted by Gasteiger charge is -2.39. The van der Waals surface area contributed by atoms with Gasteiger partial charge in [0, 0.05) is 5.92 Å². The summed E-state index contributed by atoms with van der Waals surface area (Å²) < 4.78 is 10.4. The summed E-state index contributed by atoms with van der Waals surface area (Å²) >= 11 is 0. The number of esters is 1. The Labute approximate surface area is 164 Å². The maximum atomic E-state index is 12.6. The number of hydrogen-bond acceptors (Lipinski definition) is 4. The second kappa shape index (κ2) is 8.29. The van der Waals surface area contributed by atoms with Gasteiger partial charge in [0.2, 0.25) is 0 Å². The average Bonchev–Trinajstić information content (AvgIpc) is 2.58. The van der Waals surface area contributed by atoms with E-state index in [9.17, 15) is 9.59 Å². The predicted molar refractivity (Wildman–Crippen MR) is 112 cm³/mol. The molecule has 5 nitrogen and oxygen atoms in total. The second-order valence-electron chi connectivity index (χ2n) is 8.56. The van der Waals surface area contributed by atoms with Crippen LogP contribution in [0.1, 0.15) is 34.6 Å². The van der Waals surface area contributed by atoms with Crippen molar-refractivity contribution < 1.29 is 19.1 Å². The number of carbonyl (C=O) groups excluding carboxylic acids is 2. The molecule has 1 aromatic rings. The third-order valence-electron chi connectivity index (χ3n) is 5.06. The molecule has 0 fully saturated rings. The summed E-state index contributed by atoms with van der Waals surface area (Å²) in [6.07, 6.45) is -0.658. The summed E-state index contributed by atoms with van der Waals surface area (Å²) in [5.74, 6) is -0.876. The van der Waals surface area contributed by atoms with Crippen LogP contribution in [0.3, 0.4) is 0 Å². The highest BCUT2D eigenvalue weighted by atomic mass is 28.3. The maximum Gasteiger partial charge on any atom is 0.408 e. The van der Waals surface area contributed by atoms with Crippen molar-refractivity contribution in [3.8, 4) is 0 Å². The minimum absolute atomic E-state index is 0.348. The van der Waals surface area contributed by atoms with Crippen LogP contribution in [0.2, 0.25) is 13.1 Å². The van der Waals surface area contributed by atoms with E-state index in [1.165, 1.54) is 12.3 Å². The lowest BCUT2D eigenvalue weighted by atomic mass is 9.86. The highest BCUT2D eigenvalue weighted by Crippen LogP contribution is 2.31. The Morgan fingerprint density at radius 3 is 2.07 bits per heavy atom. The van der Waals surface area contributed by atoms with Crippen molar-refractivity contribution >= 4 is 25.3 Å². The first-order valence-electron chi connectivity index (χ1n) is 9.10. The van der Waals surface area contributed by atoms with Crippen molar-refractivity contribution in [1.29, 1.82) is 0 Å². The summed E-state index contributed by atoms with van der Waals surface area (Å²) in [6.45, 7) is 17.6. The van der Waals surface area contributed by atoms with Gasteiger partial charge in [-0.2, -0.15) is 0 Å². The molecule has 0 bridgehead atoms. The lowest BCUT2D eigenvalue weighted by molar-refractivity contribution is -0.149. The summed E-state index contributed by atoms with van der Waals surface area (Å²) in [6, 6.07) is 10.1. The molecule has 0 heterocycles. The first-order valence-corrected chi connectivity index (χ1v) is 12.1. The Balaban J connectivity index is 3.20. The summed E-state index contributed by atoms with van der Waals surface area (Å²) in [5, 5.41) is 4.89. The molecule has 0 radical (unpaired) electrons. The van der Waals surface area contributed by atoms with Crippen LogP contribution < -0.4 is 10.5 Å². The van der Waals surface area contributed by atoms with Gasteiger partial charge in [0.15, 0.2) is 0 Å². The van der Waals surface area contributed by atoms with Crippen LogP contribution in [0, 0.1) is 5.92 Å². The van der Waals surface area contributed by atoms with Crippen LogP contribution in [0.5, 0.6) is 0 Å². The molecule has 1 amide bonds. The van der Waals surface area contributed by atoms with Gasteiger partial charge in [-0.25, -0.2) is 9.59 Å². The van der Waals surface area contributed by atoms with E-state index < -0.39 is 31.3 Å². The zero-order valence-electron chi connectivity index (χ0n) is 17.8. The van der Waals surface area contributed by atoms with Crippen LogP contribution in [-0.2, 0) is 14.3 Å². The van der Waals surface area contributed by atoms with E-state index >= 15 is 0 Å². The number of nitrogens with one attached hydrogen (secondary N) is 1. The molecule has 1 rings (SSSR count). The van der Waals surface area contributed by atoms with Gasteiger partial charge in [0.1, 0.15) is 19.2 Å². The summed E-state index contributed by atoms with van der Waals surface area (Å²) in [5.41, 5.74) is -1.95.